The molecule has 0 saturated carbocycles. The molecule has 0 saturated heterocycles. The summed E-state index contributed by atoms with van der Waals surface area (Å²) in [5, 5.41) is 0. The van der Waals surface area contributed by atoms with Gasteiger partial charge >= 0.3 is 0 Å². The molecule has 3 aliphatic rings. The van der Waals surface area contributed by atoms with Gasteiger partial charge in [-0.1, -0.05) is 48.5 Å². The molecule has 0 fully saturated rings. The van der Waals surface area contributed by atoms with Crippen LogP contribution in [0.15, 0.2) is 54.6 Å². The van der Waals surface area contributed by atoms with E-state index >= 15 is 0 Å². The topological polar surface area (TPSA) is 0 Å². The quantitative estimate of drug-likeness (QED) is 0.532. The minimum absolute atomic E-state index is 0.285. The van der Waals surface area contributed by atoms with Crippen LogP contribution in [-0.2, 0) is 24.7 Å². The summed E-state index contributed by atoms with van der Waals surface area (Å²) in [6.07, 6.45) is 3.60. The van der Waals surface area contributed by atoms with Crippen LogP contribution >= 0.6 is 0 Å². The van der Waals surface area contributed by atoms with Crippen LogP contribution in [0.25, 0.3) is 22.3 Å². The fraction of sp³-hybridized carbons (Fsp3) is 0.217. The third-order valence-electron chi connectivity index (χ3n) is 6.33. The van der Waals surface area contributed by atoms with Crippen molar-refractivity contribution < 1.29 is 0 Å². The summed E-state index contributed by atoms with van der Waals surface area (Å²) in [5.41, 5.74) is 13.8. The summed E-state index contributed by atoms with van der Waals surface area (Å²) in [7, 11) is 0. The SMILES string of the molecule is Cc1ccc2c3c1-c1ccc4cc1C(Cc1cccc-4c1)(C2)C3. The Balaban J connectivity index is 1.77. The lowest BCUT2D eigenvalue weighted by molar-refractivity contribution is 0.445. The van der Waals surface area contributed by atoms with Crippen molar-refractivity contribution in [3.63, 3.8) is 0 Å². The molecule has 0 amide bonds. The van der Waals surface area contributed by atoms with Crippen molar-refractivity contribution in [2.45, 2.75) is 31.6 Å². The standard InChI is InChI=1S/C23H18/c1-14-5-6-18-12-23-11-15-3-2-4-16(9-15)17-7-8-19(21(23)10-17)22(14)20(18)13-23/h2-10H,11-13H2,1H3. The van der Waals surface area contributed by atoms with Gasteiger partial charge in [0.15, 0.2) is 0 Å². The molecule has 110 valence electrons. The minimum Gasteiger partial charge on any atom is -0.0614 e. The molecule has 0 aromatic heterocycles. The number of benzene rings is 3. The van der Waals surface area contributed by atoms with Gasteiger partial charge in [0.1, 0.15) is 0 Å². The summed E-state index contributed by atoms with van der Waals surface area (Å²) in [6, 6.07) is 21.1. The van der Waals surface area contributed by atoms with Gasteiger partial charge in [-0.05, 0) is 82.3 Å². The van der Waals surface area contributed by atoms with Gasteiger partial charge in [-0.2, -0.15) is 0 Å². The summed E-state index contributed by atoms with van der Waals surface area (Å²) >= 11 is 0. The molecule has 0 heterocycles. The molecule has 0 N–H and O–H groups in total. The van der Waals surface area contributed by atoms with E-state index in [1.165, 1.54) is 52.6 Å². The molecule has 0 heteroatoms. The molecule has 3 aromatic rings. The van der Waals surface area contributed by atoms with E-state index in [4.69, 9.17) is 0 Å². The van der Waals surface area contributed by atoms with Gasteiger partial charge in [0.2, 0.25) is 0 Å². The smallest absolute Gasteiger partial charge is 0.00807 e. The highest BCUT2D eigenvalue weighted by molar-refractivity contribution is 5.84. The molecule has 0 aliphatic heterocycles. The monoisotopic (exact) mass is 294 g/mol. The molecular formula is C23H18. The first-order valence-electron chi connectivity index (χ1n) is 8.59. The Hall–Kier alpha value is -2.34. The third-order valence-corrected chi connectivity index (χ3v) is 6.33. The predicted octanol–water partition coefficient (Wildman–Crippen LogP) is 5.24. The Morgan fingerprint density at radius 3 is 2.70 bits per heavy atom. The van der Waals surface area contributed by atoms with Crippen LogP contribution in [0.1, 0.15) is 27.8 Å². The second-order valence-electron chi connectivity index (χ2n) is 7.67. The van der Waals surface area contributed by atoms with Crippen molar-refractivity contribution in [1.82, 2.24) is 0 Å². The first-order chi connectivity index (χ1) is 11.2. The van der Waals surface area contributed by atoms with Crippen molar-refractivity contribution in [3.8, 4) is 22.3 Å². The lowest BCUT2D eigenvalue weighted by Crippen LogP contribution is -2.32. The van der Waals surface area contributed by atoms with Gasteiger partial charge < -0.3 is 0 Å². The highest BCUT2D eigenvalue weighted by Crippen LogP contribution is 2.55. The zero-order chi connectivity index (χ0) is 15.2. The summed E-state index contributed by atoms with van der Waals surface area (Å²) in [6.45, 7) is 2.27. The van der Waals surface area contributed by atoms with Crippen LogP contribution in [0.4, 0.5) is 0 Å². The summed E-state index contributed by atoms with van der Waals surface area (Å²) in [4.78, 5) is 0. The van der Waals surface area contributed by atoms with E-state index in [1.54, 1.807) is 16.7 Å². The number of rotatable bonds is 0. The number of aryl methyl sites for hydroxylation is 1. The third kappa shape index (κ3) is 1.38. The average molecular weight is 294 g/mol. The largest absolute Gasteiger partial charge is 0.0614 e. The van der Waals surface area contributed by atoms with Crippen LogP contribution in [0, 0.1) is 6.92 Å². The molecule has 1 spiro atoms. The molecule has 6 rings (SSSR count). The maximum atomic E-state index is 2.49. The van der Waals surface area contributed by atoms with Crippen LogP contribution in [0.5, 0.6) is 0 Å². The van der Waals surface area contributed by atoms with E-state index in [9.17, 15) is 0 Å². The Morgan fingerprint density at radius 1 is 0.826 bits per heavy atom. The molecular weight excluding hydrogens is 276 g/mol. The predicted molar refractivity (Wildman–Crippen MR) is 94.8 cm³/mol. The summed E-state index contributed by atoms with van der Waals surface area (Å²) in [5.74, 6) is 0. The zero-order valence-corrected chi connectivity index (χ0v) is 13.3. The Morgan fingerprint density at radius 2 is 1.74 bits per heavy atom. The van der Waals surface area contributed by atoms with Gasteiger partial charge in [0, 0.05) is 5.41 Å². The van der Waals surface area contributed by atoms with Crippen molar-refractivity contribution in [3.05, 3.63) is 82.4 Å². The molecule has 6 bridgehead atoms. The fourth-order valence-electron chi connectivity index (χ4n) is 5.36. The van der Waals surface area contributed by atoms with E-state index in [0.29, 0.717) is 0 Å². The molecule has 1 atom stereocenters. The molecule has 3 aromatic carbocycles. The van der Waals surface area contributed by atoms with Crippen molar-refractivity contribution in [2.24, 2.45) is 0 Å². The summed E-state index contributed by atoms with van der Waals surface area (Å²) < 4.78 is 0. The van der Waals surface area contributed by atoms with Crippen LogP contribution in [0.3, 0.4) is 0 Å². The van der Waals surface area contributed by atoms with Crippen molar-refractivity contribution >= 4 is 0 Å². The number of fused-ring (bicyclic) bond motifs is 5. The maximum Gasteiger partial charge on any atom is 0.00807 e. The second kappa shape index (κ2) is 3.76. The molecule has 0 radical (unpaired) electrons. The molecule has 23 heavy (non-hydrogen) atoms. The highest BCUT2D eigenvalue weighted by atomic mass is 14.5. The van der Waals surface area contributed by atoms with E-state index < -0.39 is 0 Å². The zero-order valence-electron chi connectivity index (χ0n) is 13.3. The minimum atomic E-state index is 0.285. The highest BCUT2D eigenvalue weighted by Gasteiger charge is 2.45. The van der Waals surface area contributed by atoms with Crippen LogP contribution < -0.4 is 0 Å². The van der Waals surface area contributed by atoms with Crippen molar-refractivity contribution in [2.75, 3.05) is 0 Å². The second-order valence-corrected chi connectivity index (χ2v) is 7.67. The van der Waals surface area contributed by atoms with E-state index in [1.807, 2.05) is 0 Å². The van der Waals surface area contributed by atoms with E-state index in [0.717, 1.165) is 0 Å². The first kappa shape index (κ1) is 12.1. The van der Waals surface area contributed by atoms with Gasteiger partial charge in [0.25, 0.3) is 0 Å². The fourth-order valence-corrected chi connectivity index (χ4v) is 5.36. The Kier molecular flexibility index (Phi) is 1.98. The van der Waals surface area contributed by atoms with Gasteiger partial charge in [-0.25, -0.2) is 0 Å². The lowest BCUT2D eigenvalue weighted by atomic mass is 9.66. The Bertz CT molecular complexity index is 1010. The van der Waals surface area contributed by atoms with Crippen LogP contribution in [0.2, 0.25) is 0 Å². The normalized spacial score (nSPS) is 21.8. The van der Waals surface area contributed by atoms with E-state index in [2.05, 4.69) is 61.5 Å². The van der Waals surface area contributed by atoms with Crippen molar-refractivity contribution in [1.29, 1.82) is 0 Å². The number of hydrogen-bond acceptors (Lipinski definition) is 0. The Labute approximate surface area is 136 Å². The van der Waals surface area contributed by atoms with Gasteiger partial charge in [0.05, 0.1) is 0 Å². The van der Waals surface area contributed by atoms with Gasteiger partial charge in [-0.15, -0.1) is 0 Å². The molecule has 0 nitrogen and oxygen atoms in total. The van der Waals surface area contributed by atoms with E-state index in [-0.39, 0.29) is 5.41 Å². The van der Waals surface area contributed by atoms with Gasteiger partial charge in [-0.3, -0.25) is 0 Å². The van der Waals surface area contributed by atoms with Crippen LogP contribution in [-0.4, -0.2) is 0 Å². The molecule has 1 unspecified atom stereocenters. The number of hydrogen-bond donors (Lipinski definition) is 0. The average Bonchev–Trinajstić information content (AvgIpc) is 2.90. The maximum absolute atomic E-state index is 2.49. The first-order valence-corrected chi connectivity index (χ1v) is 8.59. The molecule has 3 aliphatic carbocycles. The lowest BCUT2D eigenvalue weighted by Gasteiger charge is -2.37.